The number of urea groups is 1. The second kappa shape index (κ2) is 5.60. The lowest BCUT2D eigenvalue weighted by molar-refractivity contribution is 0.241. The third-order valence-electron chi connectivity index (χ3n) is 3.30. The summed E-state index contributed by atoms with van der Waals surface area (Å²) >= 11 is 0. The molecule has 0 bridgehead atoms. The Kier molecular flexibility index (Phi) is 3.49. The van der Waals surface area contributed by atoms with Crippen LogP contribution in [-0.4, -0.2) is 12.2 Å². The first-order valence-electron chi connectivity index (χ1n) is 6.50. The predicted octanol–water partition coefficient (Wildman–Crippen LogP) is 2.50. The van der Waals surface area contributed by atoms with Gasteiger partial charge in [-0.25, -0.2) is 16.1 Å². The molecule has 5 nitrogen and oxygen atoms in total. The summed E-state index contributed by atoms with van der Waals surface area (Å²) in [5, 5.41) is 8.35. The number of hydrogen-bond acceptors (Lipinski definition) is 3. The van der Waals surface area contributed by atoms with Crippen molar-refractivity contribution in [1.29, 1.82) is 0 Å². The van der Waals surface area contributed by atoms with Crippen molar-refractivity contribution < 1.29 is 4.79 Å². The van der Waals surface area contributed by atoms with Crippen molar-refractivity contribution in [2.45, 2.75) is 0 Å². The highest BCUT2D eigenvalue weighted by Crippen LogP contribution is 2.27. The van der Waals surface area contributed by atoms with E-state index >= 15 is 0 Å². The molecule has 0 spiro atoms. The van der Waals surface area contributed by atoms with Crippen molar-refractivity contribution in [3.63, 3.8) is 0 Å². The first kappa shape index (κ1) is 13.1. The molecular weight excluding hydrogens is 264 g/mol. The van der Waals surface area contributed by atoms with Crippen LogP contribution in [0.3, 0.4) is 0 Å². The zero-order valence-corrected chi connectivity index (χ0v) is 11.2. The Morgan fingerprint density at radius 1 is 1.00 bits per heavy atom. The van der Waals surface area contributed by atoms with Gasteiger partial charge in [0.05, 0.1) is 6.21 Å². The smallest absolute Gasteiger partial charge is 0.274 e. The third-order valence-corrected chi connectivity index (χ3v) is 3.30. The third kappa shape index (κ3) is 2.54. The maximum absolute atomic E-state index is 11.1. The summed E-state index contributed by atoms with van der Waals surface area (Å²) in [5.74, 6) is 5.00. The maximum atomic E-state index is 11.1. The molecule has 0 aliphatic heterocycles. The van der Waals surface area contributed by atoms with E-state index in [4.69, 9.17) is 5.84 Å². The van der Waals surface area contributed by atoms with Crippen molar-refractivity contribution in [1.82, 2.24) is 10.9 Å². The monoisotopic (exact) mass is 278 g/mol. The molecule has 0 atom stereocenters. The van der Waals surface area contributed by atoms with Crippen LogP contribution in [-0.2, 0) is 0 Å². The van der Waals surface area contributed by atoms with Crippen molar-refractivity contribution >= 4 is 33.8 Å². The number of hydrazine groups is 1. The molecule has 104 valence electrons. The van der Waals surface area contributed by atoms with Crippen molar-refractivity contribution in [3.05, 3.63) is 60.2 Å². The fourth-order valence-corrected chi connectivity index (χ4v) is 2.38. The van der Waals surface area contributed by atoms with Crippen LogP contribution in [0.2, 0.25) is 0 Å². The Labute approximate surface area is 121 Å². The Hall–Kier alpha value is -2.92. The van der Waals surface area contributed by atoms with Gasteiger partial charge in [0.1, 0.15) is 0 Å². The van der Waals surface area contributed by atoms with Crippen LogP contribution in [0.15, 0.2) is 59.7 Å². The van der Waals surface area contributed by atoms with Gasteiger partial charge in [-0.15, -0.1) is 0 Å². The quantitative estimate of drug-likeness (QED) is 0.221. The second-order valence-electron chi connectivity index (χ2n) is 4.58. The number of carbonyl (C=O) groups is 1. The molecule has 3 aromatic rings. The maximum Gasteiger partial charge on any atom is 0.349 e. The van der Waals surface area contributed by atoms with E-state index in [9.17, 15) is 4.79 Å². The van der Waals surface area contributed by atoms with Crippen LogP contribution in [0.25, 0.3) is 21.5 Å². The molecule has 2 amide bonds. The summed E-state index contributed by atoms with van der Waals surface area (Å²) in [6.45, 7) is 0. The number of hydrogen-bond donors (Lipinski definition) is 3. The lowest BCUT2D eigenvalue weighted by Gasteiger charge is -2.07. The molecule has 5 heteroatoms. The number of benzene rings is 3. The molecule has 0 saturated heterocycles. The topological polar surface area (TPSA) is 79.5 Å². The molecule has 3 aromatic carbocycles. The molecule has 0 fully saturated rings. The Bertz CT molecular complexity index is 788. The number of carbonyl (C=O) groups excluding carboxylic acids is 1. The molecule has 0 heterocycles. The molecule has 3 rings (SSSR count). The fraction of sp³-hybridized carbons (Fsp3) is 0. The number of rotatable bonds is 2. The number of fused-ring (bicyclic) bond motifs is 2. The molecular formula is C16H14N4O. The number of nitrogens with two attached hydrogens (primary N) is 1. The standard InChI is InChI=1S/C16H14N4O/c17-19-16(21)20-18-10-15-13-7-3-1-5-11(13)9-12-6-2-4-8-14(12)15/h1-10H,17H2,(H2,19,20,21). The normalized spacial score (nSPS) is 11.1. The van der Waals surface area contributed by atoms with Gasteiger partial charge in [0.2, 0.25) is 0 Å². The summed E-state index contributed by atoms with van der Waals surface area (Å²) in [6.07, 6.45) is 1.64. The van der Waals surface area contributed by atoms with E-state index < -0.39 is 6.03 Å². The van der Waals surface area contributed by atoms with Crippen LogP contribution in [0.4, 0.5) is 4.79 Å². The van der Waals surface area contributed by atoms with E-state index in [0.29, 0.717) is 0 Å². The molecule has 0 saturated carbocycles. The molecule has 4 N–H and O–H groups in total. The van der Waals surface area contributed by atoms with E-state index in [1.807, 2.05) is 41.8 Å². The lowest BCUT2D eigenvalue weighted by Crippen LogP contribution is -2.37. The van der Waals surface area contributed by atoms with Crippen molar-refractivity contribution in [2.24, 2.45) is 10.9 Å². The first-order valence-corrected chi connectivity index (χ1v) is 6.50. The predicted molar refractivity (Wildman–Crippen MR) is 84.9 cm³/mol. The average molecular weight is 278 g/mol. The SMILES string of the molecule is NNC(=O)NN=Cc1c2ccccc2cc2ccccc12. The van der Waals surface area contributed by atoms with E-state index in [2.05, 4.69) is 28.7 Å². The summed E-state index contributed by atoms with van der Waals surface area (Å²) in [6, 6.07) is 17.7. The summed E-state index contributed by atoms with van der Waals surface area (Å²) in [5.41, 5.74) is 5.23. The molecule has 0 aliphatic rings. The van der Waals surface area contributed by atoms with Crippen LogP contribution in [0.5, 0.6) is 0 Å². The Morgan fingerprint density at radius 2 is 1.57 bits per heavy atom. The van der Waals surface area contributed by atoms with E-state index in [1.165, 1.54) is 0 Å². The zero-order valence-electron chi connectivity index (χ0n) is 11.2. The van der Waals surface area contributed by atoms with Crippen molar-refractivity contribution in [3.8, 4) is 0 Å². The minimum absolute atomic E-state index is 0.559. The largest absolute Gasteiger partial charge is 0.349 e. The van der Waals surface area contributed by atoms with Crippen LogP contribution in [0.1, 0.15) is 5.56 Å². The highest BCUT2D eigenvalue weighted by Gasteiger charge is 2.05. The Morgan fingerprint density at radius 3 is 2.14 bits per heavy atom. The van der Waals surface area contributed by atoms with Gasteiger partial charge in [-0.05, 0) is 27.6 Å². The van der Waals surface area contributed by atoms with Crippen LogP contribution >= 0.6 is 0 Å². The van der Waals surface area contributed by atoms with Gasteiger partial charge in [0.25, 0.3) is 0 Å². The lowest BCUT2D eigenvalue weighted by atomic mass is 9.97. The van der Waals surface area contributed by atoms with Gasteiger partial charge in [0.15, 0.2) is 0 Å². The zero-order chi connectivity index (χ0) is 14.7. The van der Waals surface area contributed by atoms with Gasteiger partial charge in [0, 0.05) is 5.56 Å². The highest BCUT2D eigenvalue weighted by atomic mass is 16.2. The molecule has 0 unspecified atom stereocenters. The molecule has 0 aromatic heterocycles. The average Bonchev–Trinajstić information content (AvgIpc) is 2.54. The van der Waals surface area contributed by atoms with Gasteiger partial charge in [-0.2, -0.15) is 5.10 Å². The first-order chi connectivity index (χ1) is 10.3. The van der Waals surface area contributed by atoms with E-state index in [0.717, 1.165) is 27.1 Å². The molecule has 21 heavy (non-hydrogen) atoms. The van der Waals surface area contributed by atoms with E-state index in [-0.39, 0.29) is 0 Å². The van der Waals surface area contributed by atoms with Crippen molar-refractivity contribution in [2.75, 3.05) is 0 Å². The number of nitrogens with zero attached hydrogens (tertiary/aromatic N) is 1. The molecule has 0 aliphatic carbocycles. The number of amides is 2. The highest BCUT2D eigenvalue weighted by molar-refractivity contribution is 6.13. The second-order valence-corrected chi connectivity index (χ2v) is 4.58. The van der Waals surface area contributed by atoms with Gasteiger partial charge in [-0.3, -0.25) is 5.43 Å². The van der Waals surface area contributed by atoms with Gasteiger partial charge in [-0.1, -0.05) is 48.5 Å². The minimum Gasteiger partial charge on any atom is -0.274 e. The van der Waals surface area contributed by atoms with E-state index in [1.54, 1.807) is 6.21 Å². The summed E-state index contributed by atoms with van der Waals surface area (Å²) in [4.78, 5) is 11.1. The van der Waals surface area contributed by atoms with Gasteiger partial charge < -0.3 is 0 Å². The van der Waals surface area contributed by atoms with Crippen LogP contribution < -0.4 is 16.7 Å². The molecule has 0 radical (unpaired) electrons. The summed E-state index contributed by atoms with van der Waals surface area (Å²) < 4.78 is 0. The van der Waals surface area contributed by atoms with Crippen LogP contribution in [0, 0.1) is 0 Å². The Balaban J connectivity index is 2.18. The minimum atomic E-state index is -0.559. The van der Waals surface area contributed by atoms with Gasteiger partial charge >= 0.3 is 6.03 Å². The number of nitrogens with one attached hydrogen (secondary N) is 2. The number of hydrazone groups is 1. The fourth-order valence-electron chi connectivity index (χ4n) is 2.38. The summed E-state index contributed by atoms with van der Waals surface area (Å²) in [7, 11) is 0.